The minimum Gasteiger partial charge on any atom is -0.444 e. The third-order valence-corrected chi connectivity index (χ3v) is 5.87. The third-order valence-electron chi connectivity index (χ3n) is 5.30. The molecule has 2 aromatic heterocycles. The predicted molar refractivity (Wildman–Crippen MR) is 152 cm³/mol. The fourth-order valence-electron chi connectivity index (χ4n) is 3.34. The number of ether oxygens (including phenoxy) is 3. The van der Waals surface area contributed by atoms with Crippen LogP contribution in [0.1, 0.15) is 53.0 Å². The van der Waals surface area contributed by atoms with Crippen molar-refractivity contribution >= 4 is 41.1 Å². The summed E-state index contributed by atoms with van der Waals surface area (Å²) in [5, 5.41) is 10.0. The first-order valence-corrected chi connectivity index (χ1v) is 13.2. The summed E-state index contributed by atoms with van der Waals surface area (Å²) in [4.78, 5) is 63.1. The minimum atomic E-state index is -1.09. The molecule has 0 fully saturated rings. The summed E-state index contributed by atoms with van der Waals surface area (Å²) in [7, 11) is 0. The molecule has 1 amide bonds. The lowest BCUT2D eigenvalue weighted by Crippen LogP contribution is -2.43. The van der Waals surface area contributed by atoms with Gasteiger partial charge in [-0.15, -0.1) is 10.2 Å². The monoisotopic (exact) mass is 625 g/mol. The Balaban J connectivity index is 1.87. The van der Waals surface area contributed by atoms with Gasteiger partial charge < -0.3 is 25.3 Å². The van der Waals surface area contributed by atoms with Crippen LogP contribution in [0.2, 0.25) is 10.0 Å². The molecule has 2 heterocycles. The Morgan fingerprint density at radius 2 is 1.69 bits per heavy atom. The van der Waals surface area contributed by atoms with Crippen LogP contribution in [0.3, 0.4) is 0 Å². The van der Waals surface area contributed by atoms with Gasteiger partial charge in [-0.25, -0.2) is 14.4 Å². The first kappa shape index (κ1) is 32.1. The summed E-state index contributed by atoms with van der Waals surface area (Å²) in [6.07, 6.45) is -0.816. The molecule has 0 unspecified atom stereocenters. The van der Waals surface area contributed by atoms with Crippen molar-refractivity contribution in [1.82, 2.24) is 29.9 Å². The number of aromatic nitrogens is 5. The molecule has 0 spiro atoms. The van der Waals surface area contributed by atoms with Gasteiger partial charge in [0.05, 0.1) is 15.7 Å². The number of carbonyl (C=O) groups is 2. The van der Waals surface area contributed by atoms with Crippen molar-refractivity contribution in [1.29, 1.82) is 0 Å². The maximum absolute atomic E-state index is 13.0. The van der Waals surface area contributed by atoms with Crippen LogP contribution in [-0.2, 0) is 21.0 Å². The van der Waals surface area contributed by atoms with E-state index in [0.29, 0.717) is 0 Å². The molecule has 3 rings (SSSR count). The summed E-state index contributed by atoms with van der Waals surface area (Å²) in [6, 6.07) is 2.87. The number of hydrogen-bond donors (Lipinski definition) is 3. The second kappa shape index (κ2) is 12.7. The fourth-order valence-corrected chi connectivity index (χ4v) is 3.89. The van der Waals surface area contributed by atoms with E-state index in [4.69, 9.17) is 43.1 Å². The summed E-state index contributed by atoms with van der Waals surface area (Å²) in [6.45, 7) is 9.33. The highest BCUT2D eigenvalue weighted by Gasteiger charge is 2.23. The maximum atomic E-state index is 13.0. The fraction of sp³-hybridized carbons (Fsp3) is 0.400. The number of amides is 1. The number of alkyl carbamates (subject to hydrolysis) is 1. The molecule has 226 valence electrons. The van der Waals surface area contributed by atoms with Crippen LogP contribution >= 0.6 is 23.2 Å². The molecule has 1 atom stereocenters. The molecule has 17 heteroatoms. The highest BCUT2D eigenvalue weighted by atomic mass is 35.5. The summed E-state index contributed by atoms with van der Waals surface area (Å²) in [5.41, 5.74) is 2.81. The number of rotatable bonds is 8. The number of hydrogen-bond acceptors (Lipinski definition) is 11. The zero-order valence-corrected chi connectivity index (χ0v) is 25.0. The molecule has 4 N–H and O–H groups in total. The van der Waals surface area contributed by atoms with Crippen LogP contribution in [0, 0.1) is 0 Å². The van der Waals surface area contributed by atoms with E-state index < -0.39 is 53.1 Å². The molecular weight excluding hydrogens is 597 g/mol. The Morgan fingerprint density at radius 3 is 2.26 bits per heavy atom. The summed E-state index contributed by atoms with van der Waals surface area (Å²) >= 11 is 12.8. The Morgan fingerprint density at radius 1 is 1.07 bits per heavy atom. The molecule has 0 saturated heterocycles. The Hall–Kier alpha value is -4.37. The maximum Gasteiger partial charge on any atom is 0.408 e. The molecule has 0 saturated carbocycles. The first-order valence-electron chi connectivity index (χ1n) is 12.4. The van der Waals surface area contributed by atoms with Crippen LogP contribution in [0.25, 0.3) is 5.69 Å². The van der Waals surface area contributed by atoms with Gasteiger partial charge in [0.1, 0.15) is 11.6 Å². The number of nitrogens with two attached hydrogens (primary N) is 1. The van der Waals surface area contributed by atoms with Crippen molar-refractivity contribution in [3.05, 3.63) is 65.0 Å². The van der Waals surface area contributed by atoms with Gasteiger partial charge in [0.2, 0.25) is 11.7 Å². The van der Waals surface area contributed by atoms with E-state index in [0.717, 1.165) is 9.36 Å². The zero-order valence-electron chi connectivity index (χ0n) is 23.5. The van der Waals surface area contributed by atoms with Crippen LogP contribution in [0.15, 0.2) is 32.6 Å². The van der Waals surface area contributed by atoms with Gasteiger partial charge in [0.25, 0.3) is 11.1 Å². The lowest BCUT2D eigenvalue weighted by molar-refractivity contribution is -0.150. The number of aromatic amines is 1. The van der Waals surface area contributed by atoms with Crippen LogP contribution in [0.5, 0.6) is 11.6 Å². The molecule has 3 aromatic rings. The highest BCUT2D eigenvalue weighted by molar-refractivity contribution is 6.37. The van der Waals surface area contributed by atoms with Crippen molar-refractivity contribution in [3.63, 3.8) is 0 Å². The number of nitrogens with one attached hydrogen (secondary N) is 2. The molecule has 0 radical (unpaired) electrons. The SMILES string of the molecule is CC(C)c1cc(Oc2c(Cl)cc(-n3nc(N)c(=O)[nH]c3=O)cc2Cl)nn(COC(=O)[C@H](C)NC(=O)OC(C)(C)C)c1=O. The number of H-pyrrole nitrogens is 1. The van der Waals surface area contributed by atoms with Crippen LogP contribution < -0.4 is 32.6 Å². The second-order valence-electron chi connectivity index (χ2n) is 10.3. The lowest BCUT2D eigenvalue weighted by Gasteiger charge is -2.21. The molecule has 0 bridgehead atoms. The topological polar surface area (TPSA) is 203 Å². The quantitative estimate of drug-likeness (QED) is 0.310. The van der Waals surface area contributed by atoms with Gasteiger partial charge in [-0.05, 0) is 45.7 Å². The van der Waals surface area contributed by atoms with E-state index >= 15 is 0 Å². The van der Waals surface area contributed by atoms with Crippen molar-refractivity contribution in [2.24, 2.45) is 0 Å². The van der Waals surface area contributed by atoms with Crippen molar-refractivity contribution in [2.75, 3.05) is 5.73 Å². The molecule has 42 heavy (non-hydrogen) atoms. The number of nitrogens with zero attached hydrogens (tertiary/aromatic N) is 4. The Labute approximate surface area is 248 Å². The molecule has 1 aromatic carbocycles. The Kier molecular flexibility index (Phi) is 9.68. The number of halogens is 2. The van der Waals surface area contributed by atoms with E-state index in [9.17, 15) is 24.0 Å². The number of carbonyl (C=O) groups excluding carboxylic acids is 2. The van der Waals surface area contributed by atoms with Gasteiger partial charge in [0, 0.05) is 11.6 Å². The average molecular weight is 626 g/mol. The van der Waals surface area contributed by atoms with E-state index in [1.165, 1.54) is 25.1 Å². The number of nitrogen functional groups attached to an aromatic ring is 1. The first-order chi connectivity index (χ1) is 19.5. The third kappa shape index (κ3) is 7.88. The molecule has 15 nitrogen and oxygen atoms in total. The van der Waals surface area contributed by atoms with Gasteiger partial charge in [-0.2, -0.15) is 9.36 Å². The smallest absolute Gasteiger partial charge is 0.408 e. The summed E-state index contributed by atoms with van der Waals surface area (Å²) in [5.74, 6) is -1.78. The number of anilines is 1. The zero-order chi connectivity index (χ0) is 31.5. The Bertz CT molecular complexity index is 1670. The van der Waals surface area contributed by atoms with E-state index in [2.05, 4.69) is 15.5 Å². The van der Waals surface area contributed by atoms with E-state index in [1.54, 1.807) is 34.6 Å². The number of esters is 1. The van der Waals surface area contributed by atoms with Crippen molar-refractivity contribution in [2.45, 2.75) is 65.8 Å². The normalized spacial score (nSPS) is 12.1. The largest absolute Gasteiger partial charge is 0.444 e. The molecular formula is C25H29Cl2N7O8. The second-order valence-corrected chi connectivity index (χ2v) is 11.1. The predicted octanol–water partition coefficient (Wildman–Crippen LogP) is 2.70. The van der Waals surface area contributed by atoms with Crippen molar-refractivity contribution < 1.29 is 23.8 Å². The van der Waals surface area contributed by atoms with Gasteiger partial charge in [-0.1, -0.05) is 37.0 Å². The standard InChI is InChI=1S/C25H29Cl2N7O8/c1-11(2)14-9-17(31-33(21(14)36)10-40-22(37)12(3)29-24(39)42-25(4,5)6)41-18-15(26)7-13(8-16(18)27)34-23(38)30-20(35)19(28)32-34/h7-9,11-12H,10H2,1-6H3,(H2,28,32)(H,29,39)(H,30,35,38)/t12-/m0/s1. The highest BCUT2D eigenvalue weighted by Crippen LogP contribution is 2.37. The number of benzene rings is 1. The van der Waals surface area contributed by atoms with Gasteiger partial charge in [-0.3, -0.25) is 14.6 Å². The van der Waals surface area contributed by atoms with Crippen LogP contribution in [-0.4, -0.2) is 48.3 Å². The van der Waals surface area contributed by atoms with Gasteiger partial charge in [0.15, 0.2) is 12.5 Å². The minimum absolute atomic E-state index is 0.0740. The molecule has 0 aliphatic heterocycles. The van der Waals surface area contributed by atoms with Crippen LogP contribution in [0.4, 0.5) is 10.6 Å². The summed E-state index contributed by atoms with van der Waals surface area (Å²) < 4.78 is 17.8. The molecule has 0 aliphatic carbocycles. The van der Waals surface area contributed by atoms with E-state index in [1.807, 2.05) is 4.98 Å². The van der Waals surface area contributed by atoms with Crippen molar-refractivity contribution in [3.8, 4) is 17.3 Å². The lowest BCUT2D eigenvalue weighted by atomic mass is 10.1. The molecule has 0 aliphatic rings. The average Bonchev–Trinajstić information content (AvgIpc) is 2.86. The van der Waals surface area contributed by atoms with Gasteiger partial charge >= 0.3 is 17.8 Å². The van der Waals surface area contributed by atoms with E-state index in [-0.39, 0.29) is 38.8 Å².